The van der Waals surface area contributed by atoms with Crippen LogP contribution in [-0.2, 0) is 11.2 Å². The lowest BCUT2D eigenvalue weighted by molar-refractivity contribution is -0.121. The summed E-state index contributed by atoms with van der Waals surface area (Å²) in [6.45, 7) is 4.77. The van der Waals surface area contributed by atoms with Crippen LogP contribution < -0.4 is 5.32 Å². The second kappa shape index (κ2) is 6.77. The Morgan fingerprint density at radius 3 is 2.65 bits per heavy atom. The molecule has 1 aromatic rings. The van der Waals surface area contributed by atoms with E-state index >= 15 is 0 Å². The van der Waals surface area contributed by atoms with Gasteiger partial charge in [0.15, 0.2) is 0 Å². The fourth-order valence-electron chi connectivity index (χ4n) is 1.70. The van der Waals surface area contributed by atoms with E-state index in [1.165, 1.54) is 0 Å². The van der Waals surface area contributed by atoms with Gasteiger partial charge < -0.3 is 10.4 Å². The molecule has 0 atom stereocenters. The highest BCUT2D eigenvalue weighted by Crippen LogP contribution is 2.24. The molecule has 0 spiro atoms. The van der Waals surface area contributed by atoms with Gasteiger partial charge in [0.25, 0.3) is 0 Å². The summed E-state index contributed by atoms with van der Waals surface area (Å²) in [4.78, 5) is 12.8. The van der Waals surface area contributed by atoms with E-state index in [2.05, 4.69) is 5.32 Å². The van der Waals surface area contributed by atoms with Gasteiger partial charge in [-0.2, -0.15) is 0 Å². The van der Waals surface area contributed by atoms with Crippen LogP contribution in [0.2, 0.25) is 0 Å². The molecule has 1 amide bonds. The predicted octanol–water partition coefficient (Wildman–Crippen LogP) is 2.21. The number of hydrogen-bond acceptors (Lipinski definition) is 3. The highest BCUT2D eigenvalue weighted by atomic mass is 32.1. The van der Waals surface area contributed by atoms with Crippen LogP contribution in [-0.4, -0.2) is 24.2 Å². The second-order valence-electron chi connectivity index (χ2n) is 4.40. The summed E-state index contributed by atoms with van der Waals surface area (Å²) in [5.41, 5.74) is -0.162. The van der Waals surface area contributed by atoms with Crippen LogP contribution in [0.25, 0.3) is 0 Å². The van der Waals surface area contributed by atoms with Gasteiger partial charge in [-0.1, -0.05) is 19.9 Å². The fourth-order valence-corrected chi connectivity index (χ4v) is 2.40. The Morgan fingerprint density at radius 1 is 1.47 bits per heavy atom. The highest BCUT2D eigenvalue weighted by molar-refractivity contribution is 7.10. The number of amides is 1. The smallest absolute Gasteiger partial charge is 0.225 e. The maximum atomic E-state index is 11.7. The van der Waals surface area contributed by atoms with E-state index in [0.29, 0.717) is 13.0 Å². The first-order chi connectivity index (χ1) is 8.15. The second-order valence-corrected chi connectivity index (χ2v) is 5.43. The molecule has 0 aliphatic carbocycles. The zero-order valence-corrected chi connectivity index (χ0v) is 11.3. The van der Waals surface area contributed by atoms with Crippen molar-refractivity contribution in [3.63, 3.8) is 0 Å². The van der Waals surface area contributed by atoms with E-state index < -0.39 is 0 Å². The first-order valence-electron chi connectivity index (χ1n) is 6.05. The molecule has 0 bridgehead atoms. The Bertz CT molecular complexity index is 323. The van der Waals surface area contributed by atoms with Crippen molar-refractivity contribution < 1.29 is 9.90 Å². The molecular formula is C13H21NO2S. The van der Waals surface area contributed by atoms with Crippen LogP contribution in [0.15, 0.2) is 17.5 Å². The predicted molar refractivity (Wildman–Crippen MR) is 71.1 cm³/mol. The third kappa shape index (κ3) is 4.13. The molecule has 0 aliphatic heterocycles. The normalized spacial score (nSPS) is 11.5. The Hall–Kier alpha value is -0.870. The zero-order chi connectivity index (χ0) is 12.7. The molecule has 0 fully saturated rings. The van der Waals surface area contributed by atoms with Gasteiger partial charge in [-0.25, -0.2) is 0 Å². The number of nitrogens with one attached hydrogen (secondary N) is 1. The minimum absolute atomic E-state index is 0.0344. The third-order valence-electron chi connectivity index (χ3n) is 3.41. The monoisotopic (exact) mass is 255 g/mol. The summed E-state index contributed by atoms with van der Waals surface area (Å²) in [5, 5.41) is 14.3. The van der Waals surface area contributed by atoms with Crippen LogP contribution in [0.4, 0.5) is 0 Å². The third-order valence-corrected chi connectivity index (χ3v) is 4.29. The van der Waals surface area contributed by atoms with Crippen LogP contribution in [0.5, 0.6) is 0 Å². The van der Waals surface area contributed by atoms with Gasteiger partial charge in [-0.05, 0) is 24.3 Å². The van der Waals surface area contributed by atoms with Crippen molar-refractivity contribution in [3.8, 4) is 0 Å². The lowest BCUT2D eigenvalue weighted by atomic mass is 9.83. The Balaban J connectivity index is 2.41. The molecule has 0 saturated carbocycles. The summed E-state index contributed by atoms with van der Waals surface area (Å²) in [6.07, 6.45) is 2.19. The number of carbonyl (C=O) groups excluding carboxylic acids is 1. The van der Waals surface area contributed by atoms with Crippen LogP contribution in [0.1, 0.15) is 31.6 Å². The number of aliphatic hydroxyl groups is 1. The standard InChI is InChI=1S/C13H21NO2S/c1-3-13(4-2,10-15)9-14-12(16)8-11-6-5-7-17-11/h5-7,15H,3-4,8-10H2,1-2H3,(H,14,16). The molecule has 0 saturated heterocycles. The first kappa shape index (κ1) is 14.2. The molecule has 17 heavy (non-hydrogen) atoms. The van der Waals surface area contributed by atoms with E-state index in [9.17, 15) is 9.90 Å². The van der Waals surface area contributed by atoms with Gasteiger partial charge in [0.2, 0.25) is 5.91 Å². The Labute approximate surface area is 107 Å². The summed E-state index contributed by atoms with van der Waals surface area (Å²) < 4.78 is 0. The average Bonchev–Trinajstić information content (AvgIpc) is 2.84. The molecule has 0 unspecified atom stereocenters. The molecule has 1 heterocycles. The van der Waals surface area contributed by atoms with Crippen LogP contribution >= 0.6 is 11.3 Å². The van der Waals surface area contributed by atoms with Gasteiger partial charge in [0, 0.05) is 16.8 Å². The van der Waals surface area contributed by atoms with Gasteiger partial charge in [0.1, 0.15) is 0 Å². The van der Waals surface area contributed by atoms with E-state index in [0.717, 1.165) is 17.7 Å². The molecule has 2 N–H and O–H groups in total. The zero-order valence-electron chi connectivity index (χ0n) is 10.5. The summed E-state index contributed by atoms with van der Waals surface area (Å²) in [7, 11) is 0. The lowest BCUT2D eigenvalue weighted by Gasteiger charge is -2.29. The van der Waals surface area contributed by atoms with Gasteiger partial charge in [-0.15, -0.1) is 11.3 Å². The van der Waals surface area contributed by atoms with Crippen molar-refractivity contribution in [1.82, 2.24) is 5.32 Å². The number of rotatable bonds is 7. The molecule has 1 rings (SSSR count). The summed E-state index contributed by atoms with van der Waals surface area (Å²) in [6, 6.07) is 3.91. The molecule has 4 heteroatoms. The fraction of sp³-hybridized carbons (Fsp3) is 0.615. The Morgan fingerprint density at radius 2 is 2.18 bits per heavy atom. The van der Waals surface area contributed by atoms with Crippen molar-refractivity contribution in [2.75, 3.05) is 13.2 Å². The minimum atomic E-state index is -0.162. The summed E-state index contributed by atoms with van der Waals surface area (Å²) in [5.74, 6) is 0.0344. The Kier molecular flexibility index (Phi) is 5.65. The quantitative estimate of drug-likeness (QED) is 0.785. The van der Waals surface area contributed by atoms with Crippen molar-refractivity contribution in [2.45, 2.75) is 33.1 Å². The maximum Gasteiger partial charge on any atom is 0.225 e. The number of carbonyl (C=O) groups is 1. The van der Waals surface area contributed by atoms with Crippen LogP contribution in [0.3, 0.4) is 0 Å². The van der Waals surface area contributed by atoms with Crippen LogP contribution in [0, 0.1) is 5.41 Å². The van der Waals surface area contributed by atoms with Crippen molar-refractivity contribution in [2.24, 2.45) is 5.41 Å². The van der Waals surface area contributed by atoms with Crippen molar-refractivity contribution in [3.05, 3.63) is 22.4 Å². The summed E-state index contributed by atoms with van der Waals surface area (Å²) >= 11 is 1.59. The van der Waals surface area contributed by atoms with Gasteiger partial charge in [-0.3, -0.25) is 4.79 Å². The van der Waals surface area contributed by atoms with Gasteiger partial charge >= 0.3 is 0 Å². The van der Waals surface area contributed by atoms with E-state index in [-0.39, 0.29) is 17.9 Å². The largest absolute Gasteiger partial charge is 0.396 e. The molecular weight excluding hydrogens is 234 g/mol. The maximum absolute atomic E-state index is 11.7. The van der Waals surface area contributed by atoms with E-state index in [1.54, 1.807) is 11.3 Å². The first-order valence-corrected chi connectivity index (χ1v) is 6.93. The molecule has 0 aliphatic rings. The topological polar surface area (TPSA) is 49.3 Å². The van der Waals surface area contributed by atoms with E-state index in [4.69, 9.17) is 0 Å². The van der Waals surface area contributed by atoms with Gasteiger partial charge in [0.05, 0.1) is 13.0 Å². The van der Waals surface area contributed by atoms with Crippen molar-refractivity contribution in [1.29, 1.82) is 0 Å². The lowest BCUT2D eigenvalue weighted by Crippen LogP contribution is -2.39. The average molecular weight is 255 g/mol. The molecule has 96 valence electrons. The molecule has 0 aromatic carbocycles. The van der Waals surface area contributed by atoms with Crippen molar-refractivity contribution >= 4 is 17.2 Å². The highest BCUT2D eigenvalue weighted by Gasteiger charge is 2.25. The molecule has 0 radical (unpaired) electrons. The van der Waals surface area contributed by atoms with E-state index in [1.807, 2.05) is 31.4 Å². The molecule has 1 aromatic heterocycles. The number of aliphatic hydroxyl groups excluding tert-OH is 1. The number of thiophene rings is 1. The SMILES string of the molecule is CCC(CC)(CO)CNC(=O)Cc1cccs1. The minimum Gasteiger partial charge on any atom is -0.396 e. The number of hydrogen-bond donors (Lipinski definition) is 2. The molecule has 3 nitrogen and oxygen atoms in total.